The number of carbonyl (C=O) groups is 1. The zero-order chi connectivity index (χ0) is 17.4. The molecule has 5 heteroatoms. The van der Waals surface area contributed by atoms with E-state index in [1.54, 1.807) is 25.3 Å². The maximum atomic E-state index is 12.4. The molecule has 3 N–H and O–H groups in total. The summed E-state index contributed by atoms with van der Waals surface area (Å²) in [7, 11) is 1.57. The van der Waals surface area contributed by atoms with Crippen LogP contribution >= 0.6 is 0 Å². The molecule has 1 rings (SSSR count). The second-order valence-electron chi connectivity index (χ2n) is 6.61. The van der Waals surface area contributed by atoms with Gasteiger partial charge in [0.2, 0.25) is 0 Å². The van der Waals surface area contributed by atoms with E-state index in [2.05, 4.69) is 33.0 Å². The number of amides is 1. The molecule has 0 aliphatic heterocycles. The molecular weight excluding hydrogens is 292 g/mol. The number of nitrogens with two attached hydrogens (primary N) is 1. The highest BCUT2D eigenvalue weighted by Crippen LogP contribution is 2.28. The molecule has 0 aliphatic rings. The summed E-state index contributed by atoms with van der Waals surface area (Å²) in [6.45, 7) is 9.41. The van der Waals surface area contributed by atoms with E-state index >= 15 is 0 Å². The number of nitrogens with one attached hydrogen (secondary N) is 1. The van der Waals surface area contributed by atoms with Gasteiger partial charge in [-0.05, 0) is 36.5 Å². The maximum Gasteiger partial charge on any atom is 0.251 e. The van der Waals surface area contributed by atoms with E-state index in [4.69, 9.17) is 15.2 Å². The number of hydrogen-bond donors (Lipinski definition) is 2. The molecule has 0 heterocycles. The van der Waals surface area contributed by atoms with Gasteiger partial charge in [-0.25, -0.2) is 0 Å². The molecule has 5 nitrogen and oxygen atoms in total. The van der Waals surface area contributed by atoms with Crippen molar-refractivity contribution in [2.75, 3.05) is 20.3 Å². The highest BCUT2D eigenvalue weighted by molar-refractivity contribution is 5.95. The summed E-state index contributed by atoms with van der Waals surface area (Å²) in [6, 6.07) is 5.20. The molecule has 130 valence electrons. The van der Waals surface area contributed by atoms with Crippen molar-refractivity contribution in [2.45, 2.75) is 40.2 Å². The Balaban J connectivity index is 2.81. The molecule has 0 spiro atoms. The smallest absolute Gasteiger partial charge is 0.251 e. The van der Waals surface area contributed by atoms with Crippen LogP contribution < -0.4 is 20.5 Å². The van der Waals surface area contributed by atoms with Crippen LogP contribution in [-0.2, 0) is 0 Å². The van der Waals surface area contributed by atoms with E-state index < -0.39 is 0 Å². The minimum absolute atomic E-state index is 0.0228. The third-order valence-electron chi connectivity index (χ3n) is 3.37. The Morgan fingerprint density at radius 1 is 1.17 bits per heavy atom. The Morgan fingerprint density at radius 3 is 2.39 bits per heavy atom. The van der Waals surface area contributed by atoms with Gasteiger partial charge in [0.15, 0.2) is 11.5 Å². The molecule has 0 aromatic heterocycles. The third kappa shape index (κ3) is 6.48. The lowest BCUT2D eigenvalue weighted by atomic mass is 10.0. The first-order chi connectivity index (χ1) is 10.9. The Bertz CT molecular complexity index is 501. The summed E-state index contributed by atoms with van der Waals surface area (Å²) in [4.78, 5) is 12.4. The Kier molecular flexibility index (Phi) is 7.89. The van der Waals surface area contributed by atoms with E-state index in [0.717, 1.165) is 6.42 Å². The molecule has 0 bridgehead atoms. The monoisotopic (exact) mass is 322 g/mol. The Morgan fingerprint density at radius 2 is 1.87 bits per heavy atom. The zero-order valence-corrected chi connectivity index (χ0v) is 14.9. The van der Waals surface area contributed by atoms with Gasteiger partial charge < -0.3 is 20.5 Å². The predicted octanol–water partition coefficient (Wildman–Crippen LogP) is 2.83. The van der Waals surface area contributed by atoms with Crippen LogP contribution in [0.5, 0.6) is 11.5 Å². The number of rotatable bonds is 9. The number of methoxy groups -OCH3 is 1. The molecule has 23 heavy (non-hydrogen) atoms. The fraction of sp³-hybridized carbons (Fsp3) is 0.611. The van der Waals surface area contributed by atoms with Crippen LogP contribution in [0.25, 0.3) is 0 Å². The summed E-state index contributed by atoms with van der Waals surface area (Å²) in [6.07, 6.45) is 0.856. The summed E-state index contributed by atoms with van der Waals surface area (Å²) < 4.78 is 11.0. The number of benzene rings is 1. The molecule has 1 aromatic rings. The SMILES string of the molecule is COc1cc(C(=O)NC(CN)CC(C)C)ccc1OCC(C)C. The van der Waals surface area contributed by atoms with Crippen LogP contribution in [0.4, 0.5) is 0 Å². The van der Waals surface area contributed by atoms with Gasteiger partial charge in [0.1, 0.15) is 0 Å². The van der Waals surface area contributed by atoms with Crippen molar-refractivity contribution in [2.24, 2.45) is 17.6 Å². The van der Waals surface area contributed by atoms with Crippen molar-refractivity contribution in [1.82, 2.24) is 5.32 Å². The average molecular weight is 322 g/mol. The molecule has 0 saturated heterocycles. The number of carbonyl (C=O) groups excluding carboxylic acids is 1. The van der Waals surface area contributed by atoms with Gasteiger partial charge in [-0.2, -0.15) is 0 Å². The highest BCUT2D eigenvalue weighted by atomic mass is 16.5. The molecule has 0 fully saturated rings. The van der Waals surface area contributed by atoms with Crippen molar-refractivity contribution in [3.05, 3.63) is 23.8 Å². The first kappa shape index (κ1) is 19.3. The molecule has 1 unspecified atom stereocenters. The topological polar surface area (TPSA) is 73.6 Å². The Labute approximate surface area is 139 Å². The van der Waals surface area contributed by atoms with Crippen molar-refractivity contribution < 1.29 is 14.3 Å². The van der Waals surface area contributed by atoms with Crippen LogP contribution in [0.3, 0.4) is 0 Å². The van der Waals surface area contributed by atoms with Gasteiger partial charge in [-0.1, -0.05) is 27.7 Å². The van der Waals surface area contributed by atoms with Gasteiger partial charge in [0, 0.05) is 18.2 Å². The highest BCUT2D eigenvalue weighted by Gasteiger charge is 2.16. The standard InChI is InChI=1S/C18H30N2O3/c1-12(2)8-15(10-19)20-18(21)14-6-7-16(17(9-14)22-5)23-11-13(3)4/h6-7,9,12-13,15H,8,10-11,19H2,1-5H3,(H,20,21). The van der Waals surface area contributed by atoms with Crippen LogP contribution in [0.2, 0.25) is 0 Å². The van der Waals surface area contributed by atoms with E-state index in [-0.39, 0.29) is 11.9 Å². The Hall–Kier alpha value is -1.75. The molecule has 1 amide bonds. The normalized spacial score (nSPS) is 12.3. The van der Waals surface area contributed by atoms with Crippen LogP contribution in [0, 0.1) is 11.8 Å². The first-order valence-corrected chi connectivity index (χ1v) is 8.19. The zero-order valence-electron chi connectivity index (χ0n) is 14.9. The molecule has 1 atom stereocenters. The van der Waals surface area contributed by atoms with E-state index in [1.165, 1.54) is 0 Å². The van der Waals surface area contributed by atoms with Crippen molar-refractivity contribution in [3.8, 4) is 11.5 Å². The van der Waals surface area contributed by atoms with E-state index in [9.17, 15) is 4.79 Å². The molecule has 0 aliphatic carbocycles. The molecular formula is C18H30N2O3. The molecule has 1 aromatic carbocycles. The molecule has 0 saturated carbocycles. The lowest BCUT2D eigenvalue weighted by Gasteiger charge is -2.19. The fourth-order valence-electron chi connectivity index (χ4n) is 2.24. The van der Waals surface area contributed by atoms with Crippen molar-refractivity contribution in [3.63, 3.8) is 0 Å². The summed E-state index contributed by atoms with van der Waals surface area (Å²) in [5, 5.41) is 2.98. The lowest BCUT2D eigenvalue weighted by molar-refractivity contribution is 0.0933. The molecule has 0 radical (unpaired) electrons. The quantitative estimate of drug-likeness (QED) is 0.733. The fourth-order valence-corrected chi connectivity index (χ4v) is 2.24. The van der Waals surface area contributed by atoms with Crippen LogP contribution in [-0.4, -0.2) is 32.2 Å². The minimum atomic E-state index is -0.144. The largest absolute Gasteiger partial charge is 0.493 e. The minimum Gasteiger partial charge on any atom is -0.493 e. The number of ether oxygens (including phenoxy) is 2. The number of hydrogen-bond acceptors (Lipinski definition) is 4. The first-order valence-electron chi connectivity index (χ1n) is 8.19. The van der Waals surface area contributed by atoms with Crippen LogP contribution in [0.15, 0.2) is 18.2 Å². The van der Waals surface area contributed by atoms with Crippen LogP contribution in [0.1, 0.15) is 44.5 Å². The van der Waals surface area contributed by atoms with Gasteiger partial charge in [-0.3, -0.25) is 4.79 Å². The summed E-state index contributed by atoms with van der Waals surface area (Å²) in [5.74, 6) is 1.96. The van der Waals surface area contributed by atoms with E-state index in [0.29, 0.717) is 42.0 Å². The summed E-state index contributed by atoms with van der Waals surface area (Å²) in [5.41, 5.74) is 6.28. The van der Waals surface area contributed by atoms with Gasteiger partial charge >= 0.3 is 0 Å². The second-order valence-corrected chi connectivity index (χ2v) is 6.61. The van der Waals surface area contributed by atoms with Crippen molar-refractivity contribution >= 4 is 5.91 Å². The maximum absolute atomic E-state index is 12.4. The van der Waals surface area contributed by atoms with Gasteiger partial charge in [-0.15, -0.1) is 0 Å². The van der Waals surface area contributed by atoms with Crippen molar-refractivity contribution in [1.29, 1.82) is 0 Å². The summed E-state index contributed by atoms with van der Waals surface area (Å²) >= 11 is 0. The lowest BCUT2D eigenvalue weighted by Crippen LogP contribution is -2.41. The second kappa shape index (κ2) is 9.40. The third-order valence-corrected chi connectivity index (χ3v) is 3.37. The average Bonchev–Trinajstić information content (AvgIpc) is 2.51. The van der Waals surface area contributed by atoms with E-state index in [1.807, 2.05) is 0 Å². The predicted molar refractivity (Wildman–Crippen MR) is 93.1 cm³/mol. The van der Waals surface area contributed by atoms with Gasteiger partial charge in [0.05, 0.1) is 13.7 Å². The van der Waals surface area contributed by atoms with Gasteiger partial charge in [0.25, 0.3) is 5.91 Å².